The summed E-state index contributed by atoms with van der Waals surface area (Å²) >= 11 is 1.74. The van der Waals surface area contributed by atoms with Gasteiger partial charge in [-0.15, -0.1) is 0 Å². The van der Waals surface area contributed by atoms with E-state index in [2.05, 4.69) is 33.0 Å². The number of nitrogens with one attached hydrogen (secondary N) is 1. The zero-order valence-electron chi connectivity index (χ0n) is 10.5. The molecule has 0 rings (SSSR count). The molecule has 3 N–H and O–H groups in total. The molecule has 0 unspecified atom stereocenters. The molecule has 0 bridgehead atoms. The minimum Gasteiger partial charge on any atom is -0.353 e. The van der Waals surface area contributed by atoms with E-state index in [1.54, 1.807) is 11.8 Å². The number of carbonyl (C=O) groups excluding carboxylic acids is 1. The first-order chi connectivity index (χ1) is 6.78. The number of hydrogen-bond donors (Lipinski definition) is 2. The van der Waals surface area contributed by atoms with Crippen LogP contribution in [0.15, 0.2) is 0 Å². The number of carbonyl (C=O) groups is 1. The van der Waals surface area contributed by atoms with Crippen LogP contribution in [0.3, 0.4) is 0 Å². The Balaban J connectivity index is 3.93. The van der Waals surface area contributed by atoms with E-state index in [-0.39, 0.29) is 16.7 Å². The van der Waals surface area contributed by atoms with Gasteiger partial charge in [-0.3, -0.25) is 4.79 Å². The lowest BCUT2D eigenvalue weighted by molar-refractivity contribution is -0.122. The summed E-state index contributed by atoms with van der Waals surface area (Å²) < 4.78 is 0.0766. The molecule has 90 valence electrons. The van der Waals surface area contributed by atoms with Crippen molar-refractivity contribution in [3.63, 3.8) is 0 Å². The van der Waals surface area contributed by atoms with E-state index in [1.807, 2.05) is 6.26 Å². The van der Waals surface area contributed by atoms with E-state index >= 15 is 0 Å². The number of rotatable bonds is 6. The smallest absolute Gasteiger partial charge is 0.236 e. The molecular weight excluding hydrogens is 208 g/mol. The standard InChI is InChI=1S/C11H24N2OS/c1-8(2)6-9(12)10(14)13-7-11(3,4)15-5/h8-9H,6-7,12H2,1-5H3,(H,13,14)/t9-/m0/s1. The number of amides is 1. The fourth-order valence-corrected chi connectivity index (χ4v) is 1.33. The summed E-state index contributed by atoms with van der Waals surface area (Å²) in [4.78, 5) is 11.6. The molecule has 0 heterocycles. The Bertz CT molecular complexity index is 205. The van der Waals surface area contributed by atoms with E-state index < -0.39 is 0 Å². The molecule has 0 aromatic carbocycles. The Morgan fingerprint density at radius 2 is 2.00 bits per heavy atom. The third kappa shape index (κ3) is 6.79. The van der Waals surface area contributed by atoms with Crippen molar-refractivity contribution in [3.05, 3.63) is 0 Å². The highest BCUT2D eigenvalue weighted by Gasteiger charge is 2.20. The van der Waals surface area contributed by atoms with Crippen molar-refractivity contribution < 1.29 is 4.79 Å². The van der Waals surface area contributed by atoms with Crippen LogP contribution < -0.4 is 11.1 Å². The van der Waals surface area contributed by atoms with Crippen LogP contribution in [0.5, 0.6) is 0 Å². The molecule has 0 radical (unpaired) electrons. The fourth-order valence-electron chi connectivity index (χ4n) is 1.12. The molecule has 3 nitrogen and oxygen atoms in total. The number of nitrogens with two attached hydrogens (primary N) is 1. The number of hydrogen-bond acceptors (Lipinski definition) is 3. The van der Waals surface area contributed by atoms with Crippen molar-refractivity contribution in [2.24, 2.45) is 11.7 Å². The van der Waals surface area contributed by atoms with E-state index in [0.717, 1.165) is 6.42 Å². The summed E-state index contributed by atoms with van der Waals surface area (Å²) in [5.74, 6) is 0.421. The Kier molecular flexibility index (Phi) is 6.29. The van der Waals surface area contributed by atoms with Crippen molar-refractivity contribution in [1.82, 2.24) is 5.32 Å². The molecule has 0 spiro atoms. The molecule has 0 saturated carbocycles. The molecule has 0 saturated heterocycles. The molecule has 15 heavy (non-hydrogen) atoms. The molecule has 0 fully saturated rings. The van der Waals surface area contributed by atoms with E-state index in [1.165, 1.54) is 0 Å². The summed E-state index contributed by atoms with van der Waals surface area (Å²) in [7, 11) is 0. The second kappa shape index (κ2) is 6.38. The largest absolute Gasteiger partial charge is 0.353 e. The maximum atomic E-state index is 11.6. The van der Waals surface area contributed by atoms with Crippen molar-refractivity contribution in [1.29, 1.82) is 0 Å². The minimum absolute atomic E-state index is 0.0363. The molecule has 1 amide bonds. The maximum Gasteiger partial charge on any atom is 0.236 e. The monoisotopic (exact) mass is 232 g/mol. The Morgan fingerprint density at radius 1 is 1.47 bits per heavy atom. The lowest BCUT2D eigenvalue weighted by Crippen LogP contribution is -2.45. The Hall–Kier alpha value is -0.220. The summed E-state index contributed by atoms with van der Waals surface area (Å²) in [6.45, 7) is 9.01. The van der Waals surface area contributed by atoms with Crippen LogP contribution in [0, 0.1) is 5.92 Å². The van der Waals surface area contributed by atoms with Gasteiger partial charge in [0, 0.05) is 11.3 Å². The molecule has 0 aliphatic carbocycles. The average molecular weight is 232 g/mol. The van der Waals surface area contributed by atoms with Crippen LogP contribution in [0.4, 0.5) is 0 Å². The normalized spacial score (nSPS) is 14.1. The van der Waals surface area contributed by atoms with Crippen LogP contribution >= 0.6 is 11.8 Å². The summed E-state index contributed by atoms with van der Waals surface area (Å²) in [5, 5.41) is 2.89. The lowest BCUT2D eigenvalue weighted by atomic mass is 10.0. The van der Waals surface area contributed by atoms with Gasteiger partial charge >= 0.3 is 0 Å². The van der Waals surface area contributed by atoms with Crippen molar-refractivity contribution in [2.75, 3.05) is 12.8 Å². The van der Waals surface area contributed by atoms with Crippen molar-refractivity contribution in [2.45, 2.75) is 44.9 Å². The highest BCUT2D eigenvalue weighted by Crippen LogP contribution is 2.19. The van der Waals surface area contributed by atoms with E-state index in [4.69, 9.17) is 5.73 Å². The highest BCUT2D eigenvalue weighted by molar-refractivity contribution is 7.99. The molecule has 1 atom stereocenters. The van der Waals surface area contributed by atoms with Gasteiger partial charge in [0.05, 0.1) is 6.04 Å². The maximum absolute atomic E-state index is 11.6. The van der Waals surface area contributed by atoms with Gasteiger partial charge in [-0.2, -0.15) is 11.8 Å². The zero-order valence-corrected chi connectivity index (χ0v) is 11.3. The minimum atomic E-state index is -0.373. The van der Waals surface area contributed by atoms with Gasteiger partial charge in [-0.1, -0.05) is 13.8 Å². The van der Waals surface area contributed by atoms with Crippen LogP contribution in [0.1, 0.15) is 34.1 Å². The van der Waals surface area contributed by atoms with Crippen LogP contribution in [0.2, 0.25) is 0 Å². The predicted molar refractivity (Wildman–Crippen MR) is 68.0 cm³/mol. The first-order valence-electron chi connectivity index (χ1n) is 5.37. The molecule has 0 aliphatic heterocycles. The summed E-state index contributed by atoms with van der Waals surface area (Å²) in [5.41, 5.74) is 5.77. The van der Waals surface area contributed by atoms with Crippen LogP contribution in [-0.2, 0) is 4.79 Å². The quantitative estimate of drug-likeness (QED) is 0.731. The fraction of sp³-hybridized carbons (Fsp3) is 0.909. The van der Waals surface area contributed by atoms with Crippen LogP contribution in [0.25, 0.3) is 0 Å². The second-order valence-corrected chi connectivity index (χ2v) is 6.43. The topological polar surface area (TPSA) is 55.1 Å². The van der Waals surface area contributed by atoms with Crippen molar-refractivity contribution in [3.8, 4) is 0 Å². The third-order valence-electron chi connectivity index (χ3n) is 2.30. The molecule has 4 heteroatoms. The summed E-state index contributed by atoms with van der Waals surface area (Å²) in [6, 6.07) is -0.373. The van der Waals surface area contributed by atoms with Gasteiger partial charge in [-0.25, -0.2) is 0 Å². The molecule has 0 aromatic rings. The highest BCUT2D eigenvalue weighted by atomic mass is 32.2. The first-order valence-corrected chi connectivity index (χ1v) is 6.59. The van der Waals surface area contributed by atoms with E-state index in [0.29, 0.717) is 12.5 Å². The first kappa shape index (κ1) is 14.8. The van der Waals surface area contributed by atoms with Gasteiger partial charge in [0.15, 0.2) is 0 Å². The Morgan fingerprint density at radius 3 is 2.40 bits per heavy atom. The summed E-state index contributed by atoms with van der Waals surface area (Å²) in [6.07, 6.45) is 2.78. The van der Waals surface area contributed by atoms with E-state index in [9.17, 15) is 4.79 Å². The van der Waals surface area contributed by atoms with Crippen LogP contribution in [-0.4, -0.2) is 29.5 Å². The second-order valence-electron chi connectivity index (χ2n) is 4.92. The van der Waals surface area contributed by atoms with Crippen molar-refractivity contribution >= 4 is 17.7 Å². The Labute approximate surface area is 97.6 Å². The molecular formula is C11H24N2OS. The zero-order chi connectivity index (χ0) is 12.1. The predicted octanol–water partition coefficient (Wildman–Crippen LogP) is 1.62. The van der Waals surface area contributed by atoms with Gasteiger partial charge < -0.3 is 11.1 Å². The molecule has 0 aliphatic rings. The lowest BCUT2D eigenvalue weighted by Gasteiger charge is -2.23. The van der Waals surface area contributed by atoms with Gasteiger partial charge in [0.1, 0.15) is 0 Å². The SMILES string of the molecule is CSC(C)(C)CNC(=O)[C@@H](N)CC(C)C. The number of thioether (sulfide) groups is 1. The van der Waals surface area contributed by atoms with Gasteiger partial charge in [0.25, 0.3) is 0 Å². The molecule has 0 aromatic heterocycles. The van der Waals surface area contributed by atoms with Gasteiger partial charge in [-0.05, 0) is 32.4 Å². The third-order valence-corrected chi connectivity index (χ3v) is 3.55. The average Bonchev–Trinajstić information content (AvgIpc) is 2.13. The van der Waals surface area contributed by atoms with Gasteiger partial charge in [0.2, 0.25) is 5.91 Å².